The average Bonchev–Trinajstić information content (AvgIpc) is 2.69. The Morgan fingerprint density at radius 1 is 0.926 bits per heavy atom. The van der Waals surface area contributed by atoms with E-state index in [-0.39, 0.29) is 10.8 Å². The molecular formula is C21H26N2O3S. The Kier molecular flexibility index (Phi) is 5.67. The number of carbonyl (C=O) groups excluding carboxylic acids is 1. The van der Waals surface area contributed by atoms with Gasteiger partial charge >= 0.3 is 0 Å². The number of nitrogens with zero attached hydrogens (tertiary/aromatic N) is 1. The van der Waals surface area contributed by atoms with Gasteiger partial charge < -0.3 is 5.32 Å². The standard InChI is InChI=1S/C21H26N2O3S/c1-21(2,17-9-5-3-6-10-17)20(24)22-18-11-13-19(14-12-18)27(25,26)23-15-7-4-8-16-23/h3,5-6,9-14H,4,7-8,15-16H2,1-2H3,(H,22,24). The first-order valence-electron chi connectivity index (χ1n) is 9.29. The molecule has 3 rings (SSSR count). The number of sulfonamides is 1. The molecule has 1 aliphatic heterocycles. The second-order valence-electron chi connectivity index (χ2n) is 7.43. The van der Waals surface area contributed by atoms with Crippen LogP contribution < -0.4 is 5.32 Å². The van der Waals surface area contributed by atoms with E-state index in [1.807, 2.05) is 44.2 Å². The molecule has 0 aliphatic carbocycles. The van der Waals surface area contributed by atoms with Crippen molar-refractivity contribution in [3.63, 3.8) is 0 Å². The van der Waals surface area contributed by atoms with Gasteiger partial charge in [-0.2, -0.15) is 4.31 Å². The van der Waals surface area contributed by atoms with E-state index in [0.717, 1.165) is 24.8 Å². The molecule has 1 N–H and O–H groups in total. The van der Waals surface area contributed by atoms with E-state index in [2.05, 4.69) is 5.32 Å². The van der Waals surface area contributed by atoms with Crippen molar-refractivity contribution in [2.75, 3.05) is 18.4 Å². The van der Waals surface area contributed by atoms with Crippen molar-refractivity contribution >= 4 is 21.6 Å². The van der Waals surface area contributed by atoms with Crippen LogP contribution in [0.2, 0.25) is 0 Å². The quantitative estimate of drug-likeness (QED) is 0.850. The van der Waals surface area contributed by atoms with Crippen molar-refractivity contribution in [2.24, 2.45) is 0 Å². The summed E-state index contributed by atoms with van der Waals surface area (Å²) in [7, 11) is -3.46. The molecule has 0 bridgehead atoms. The molecular weight excluding hydrogens is 360 g/mol. The minimum Gasteiger partial charge on any atom is -0.325 e. The molecule has 6 heteroatoms. The number of rotatable bonds is 5. The van der Waals surface area contributed by atoms with Gasteiger partial charge in [-0.1, -0.05) is 36.8 Å². The molecule has 0 aromatic heterocycles. The van der Waals surface area contributed by atoms with Crippen LogP contribution in [0.15, 0.2) is 59.5 Å². The molecule has 1 fully saturated rings. The van der Waals surface area contributed by atoms with E-state index >= 15 is 0 Å². The van der Waals surface area contributed by atoms with Crippen LogP contribution in [0.25, 0.3) is 0 Å². The minimum atomic E-state index is -3.46. The number of benzene rings is 2. The fourth-order valence-corrected chi connectivity index (χ4v) is 4.75. The molecule has 0 unspecified atom stereocenters. The largest absolute Gasteiger partial charge is 0.325 e. The fraction of sp³-hybridized carbons (Fsp3) is 0.381. The number of amides is 1. The van der Waals surface area contributed by atoms with Crippen LogP contribution in [0.4, 0.5) is 5.69 Å². The van der Waals surface area contributed by atoms with Gasteiger partial charge in [-0.25, -0.2) is 8.42 Å². The van der Waals surface area contributed by atoms with E-state index in [4.69, 9.17) is 0 Å². The summed E-state index contributed by atoms with van der Waals surface area (Å²) in [6.07, 6.45) is 2.89. The predicted octanol–water partition coefficient (Wildman–Crippen LogP) is 3.78. The Morgan fingerprint density at radius 3 is 2.11 bits per heavy atom. The van der Waals surface area contributed by atoms with E-state index in [1.165, 1.54) is 0 Å². The van der Waals surface area contributed by atoms with Crippen molar-refractivity contribution in [3.05, 3.63) is 60.2 Å². The van der Waals surface area contributed by atoms with Crippen LogP contribution in [0, 0.1) is 0 Å². The highest BCUT2D eigenvalue weighted by Gasteiger charge is 2.30. The topological polar surface area (TPSA) is 66.5 Å². The summed E-state index contributed by atoms with van der Waals surface area (Å²) in [5.74, 6) is -0.139. The number of hydrogen-bond donors (Lipinski definition) is 1. The van der Waals surface area contributed by atoms with E-state index in [9.17, 15) is 13.2 Å². The Hall–Kier alpha value is -2.18. The summed E-state index contributed by atoms with van der Waals surface area (Å²) in [4.78, 5) is 13.0. The number of hydrogen-bond acceptors (Lipinski definition) is 3. The molecule has 1 saturated heterocycles. The SMILES string of the molecule is CC(C)(C(=O)Nc1ccc(S(=O)(=O)N2CCCCC2)cc1)c1ccccc1. The van der Waals surface area contributed by atoms with E-state index in [0.29, 0.717) is 18.8 Å². The van der Waals surface area contributed by atoms with Gasteiger partial charge in [-0.05, 0) is 56.5 Å². The zero-order valence-corrected chi connectivity index (χ0v) is 16.6. The number of nitrogens with one attached hydrogen (secondary N) is 1. The van der Waals surface area contributed by atoms with Crippen molar-refractivity contribution in [1.29, 1.82) is 0 Å². The first-order chi connectivity index (χ1) is 12.8. The normalized spacial score (nSPS) is 16.1. The van der Waals surface area contributed by atoms with Gasteiger partial charge in [-0.3, -0.25) is 4.79 Å². The Bertz CT molecular complexity index is 885. The highest BCUT2D eigenvalue weighted by Crippen LogP contribution is 2.26. The highest BCUT2D eigenvalue weighted by molar-refractivity contribution is 7.89. The fourth-order valence-electron chi connectivity index (χ4n) is 3.24. The third-order valence-corrected chi connectivity index (χ3v) is 7.04. The molecule has 27 heavy (non-hydrogen) atoms. The lowest BCUT2D eigenvalue weighted by Gasteiger charge is -2.26. The van der Waals surface area contributed by atoms with Crippen molar-refractivity contribution in [1.82, 2.24) is 4.31 Å². The Morgan fingerprint density at radius 2 is 1.52 bits per heavy atom. The molecule has 0 radical (unpaired) electrons. The summed E-state index contributed by atoms with van der Waals surface area (Å²) in [5, 5.41) is 2.89. The van der Waals surface area contributed by atoms with Crippen LogP contribution in [0.5, 0.6) is 0 Å². The minimum absolute atomic E-state index is 0.139. The lowest BCUT2D eigenvalue weighted by atomic mass is 9.83. The lowest BCUT2D eigenvalue weighted by molar-refractivity contribution is -0.120. The number of anilines is 1. The zero-order valence-electron chi connectivity index (χ0n) is 15.8. The van der Waals surface area contributed by atoms with Crippen molar-refractivity contribution in [2.45, 2.75) is 43.4 Å². The van der Waals surface area contributed by atoms with Gasteiger partial charge in [0.15, 0.2) is 0 Å². The summed E-state index contributed by atoms with van der Waals surface area (Å²) >= 11 is 0. The van der Waals surface area contributed by atoms with Gasteiger partial charge in [0.25, 0.3) is 0 Å². The Labute approximate surface area is 161 Å². The van der Waals surface area contributed by atoms with Gasteiger partial charge in [0.2, 0.25) is 15.9 Å². The number of piperidine rings is 1. The average molecular weight is 387 g/mol. The summed E-state index contributed by atoms with van der Waals surface area (Å²) < 4.78 is 27.0. The van der Waals surface area contributed by atoms with Crippen molar-refractivity contribution in [3.8, 4) is 0 Å². The molecule has 5 nitrogen and oxygen atoms in total. The van der Waals surface area contributed by atoms with Crippen LogP contribution >= 0.6 is 0 Å². The zero-order chi connectivity index (χ0) is 19.5. The first kappa shape index (κ1) is 19.6. The van der Waals surface area contributed by atoms with Crippen LogP contribution in [-0.2, 0) is 20.2 Å². The smallest absolute Gasteiger partial charge is 0.243 e. The molecule has 2 aromatic rings. The molecule has 0 spiro atoms. The predicted molar refractivity (Wildman–Crippen MR) is 107 cm³/mol. The maximum atomic E-state index is 12.7. The molecule has 1 amide bonds. The molecule has 2 aromatic carbocycles. The molecule has 0 atom stereocenters. The molecule has 1 heterocycles. The third-order valence-electron chi connectivity index (χ3n) is 5.13. The summed E-state index contributed by atoms with van der Waals surface area (Å²) in [6, 6.07) is 16.0. The van der Waals surface area contributed by atoms with E-state index in [1.54, 1.807) is 28.6 Å². The second kappa shape index (κ2) is 7.82. The summed E-state index contributed by atoms with van der Waals surface area (Å²) in [6.45, 7) is 4.89. The first-order valence-corrected chi connectivity index (χ1v) is 10.7. The highest BCUT2D eigenvalue weighted by atomic mass is 32.2. The van der Waals surface area contributed by atoms with Crippen molar-refractivity contribution < 1.29 is 13.2 Å². The third kappa shape index (κ3) is 4.22. The lowest BCUT2D eigenvalue weighted by Crippen LogP contribution is -2.35. The van der Waals surface area contributed by atoms with Gasteiger partial charge in [-0.15, -0.1) is 0 Å². The van der Waals surface area contributed by atoms with Crippen LogP contribution in [0.1, 0.15) is 38.7 Å². The van der Waals surface area contributed by atoms with E-state index < -0.39 is 15.4 Å². The maximum Gasteiger partial charge on any atom is 0.243 e. The second-order valence-corrected chi connectivity index (χ2v) is 9.37. The van der Waals surface area contributed by atoms with Crippen LogP contribution in [-0.4, -0.2) is 31.7 Å². The van der Waals surface area contributed by atoms with Gasteiger partial charge in [0.05, 0.1) is 10.3 Å². The van der Waals surface area contributed by atoms with Crippen LogP contribution in [0.3, 0.4) is 0 Å². The maximum absolute atomic E-state index is 12.7. The molecule has 0 saturated carbocycles. The molecule has 144 valence electrons. The molecule has 1 aliphatic rings. The van der Waals surface area contributed by atoms with Gasteiger partial charge in [0, 0.05) is 18.8 Å². The number of carbonyl (C=O) groups is 1. The Balaban J connectivity index is 1.73. The summed E-state index contributed by atoms with van der Waals surface area (Å²) in [5.41, 5.74) is 0.813. The van der Waals surface area contributed by atoms with Gasteiger partial charge in [0.1, 0.15) is 0 Å². The monoisotopic (exact) mass is 386 g/mol.